The van der Waals surface area contributed by atoms with E-state index < -0.39 is 35.5 Å². The van der Waals surface area contributed by atoms with Crippen LogP contribution in [0, 0.1) is 0 Å². The van der Waals surface area contributed by atoms with Gasteiger partial charge in [0.05, 0.1) is 6.61 Å². The summed E-state index contributed by atoms with van der Waals surface area (Å²) in [6.07, 6.45) is 2.15. The van der Waals surface area contributed by atoms with E-state index in [9.17, 15) is 19.8 Å². The quantitative estimate of drug-likeness (QED) is 0.0842. The van der Waals surface area contributed by atoms with Crippen molar-refractivity contribution in [3.05, 3.63) is 71.3 Å². The molecule has 0 bridgehead atoms. The predicted molar refractivity (Wildman–Crippen MR) is 141 cm³/mol. The van der Waals surface area contributed by atoms with Gasteiger partial charge in [-0.25, -0.2) is 15.6 Å². The van der Waals surface area contributed by atoms with E-state index in [0.29, 0.717) is 17.0 Å². The van der Waals surface area contributed by atoms with Crippen molar-refractivity contribution in [2.24, 2.45) is 11.6 Å². The van der Waals surface area contributed by atoms with Gasteiger partial charge in [-0.1, -0.05) is 61.5 Å². The van der Waals surface area contributed by atoms with E-state index in [4.69, 9.17) is 21.1 Å². The minimum Gasteiger partial charge on any atom is -0.459 e. The van der Waals surface area contributed by atoms with Crippen molar-refractivity contribution in [2.75, 3.05) is 6.61 Å². The summed E-state index contributed by atoms with van der Waals surface area (Å²) in [7, 11) is 0. The third-order valence-electron chi connectivity index (χ3n) is 5.99. The average Bonchev–Trinajstić information content (AvgIpc) is 2.85. The number of carbonyl (C=O) groups is 2. The van der Waals surface area contributed by atoms with Crippen molar-refractivity contribution in [1.29, 1.82) is 0 Å². The van der Waals surface area contributed by atoms with Gasteiger partial charge in [0.25, 0.3) is 0 Å². The van der Waals surface area contributed by atoms with Crippen molar-refractivity contribution >= 4 is 12.1 Å². The SMILES string of the molecule is CCc1ccccc1CCCCOC(=O)N(N)C(Cc1ccccc1)C(O)(O)C(N)C(=O)OC(C)(C)C. The van der Waals surface area contributed by atoms with Crippen LogP contribution in [0.4, 0.5) is 4.79 Å². The highest BCUT2D eigenvalue weighted by Gasteiger charge is 2.49. The molecule has 37 heavy (non-hydrogen) atoms. The summed E-state index contributed by atoms with van der Waals surface area (Å²) in [5.41, 5.74) is 8.20. The van der Waals surface area contributed by atoms with Gasteiger partial charge in [-0.15, -0.1) is 0 Å². The van der Waals surface area contributed by atoms with Crippen LogP contribution in [0.5, 0.6) is 0 Å². The number of carbonyl (C=O) groups excluding carboxylic acids is 2. The van der Waals surface area contributed by atoms with E-state index in [2.05, 4.69) is 19.1 Å². The van der Waals surface area contributed by atoms with Crippen LogP contribution in [0.3, 0.4) is 0 Å². The number of hydrogen-bond acceptors (Lipinski definition) is 8. The van der Waals surface area contributed by atoms with E-state index in [1.54, 1.807) is 51.1 Å². The molecule has 9 nitrogen and oxygen atoms in total. The van der Waals surface area contributed by atoms with Gasteiger partial charge in [0.2, 0.25) is 5.79 Å². The molecule has 9 heteroatoms. The zero-order valence-electron chi connectivity index (χ0n) is 22.2. The summed E-state index contributed by atoms with van der Waals surface area (Å²) < 4.78 is 10.5. The van der Waals surface area contributed by atoms with Crippen LogP contribution in [0.1, 0.15) is 57.2 Å². The Hall–Kier alpha value is -2.98. The molecule has 0 aromatic heterocycles. The highest BCUT2D eigenvalue weighted by atomic mass is 16.6. The summed E-state index contributed by atoms with van der Waals surface area (Å²) in [6.45, 7) is 7.09. The average molecular weight is 516 g/mol. The van der Waals surface area contributed by atoms with Gasteiger partial charge in [0.15, 0.2) is 6.04 Å². The van der Waals surface area contributed by atoms with Gasteiger partial charge >= 0.3 is 12.1 Å². The highest BCUT2D eigenvalue weighted by Crippen LogP contribution is 2.23. The van der Waals surface area contributed by atoms with Gasteiger partial charge in [-0.2, -0.15) is 0 Å². The lowest BCUT2D eigenvalue weighted by Gasteiger charge is -2.39. The van der Waals surface area contributed by atoms with Crippen molar-refractivity contribution in [3.8, 4) is 0 Å². The van der Waals surface area contributed by atoms with Crippen LogP contribution in [0.15, 0.2) is 54.6 Å². The van der Waals surface area contributed by atoms with E-state index in [0.717, 1.165) is 19.3 Å². The lowest BCUT2D eigenvalue weighted by atomic mass is 9.92. The number of hydrazine groups is 1. The lowest BCUT2D eigenvalue weighted by Crippen LogP contribution is -2.68. The Morgan fingerprint density at radius 2 is 1.57 bits per heavy atom. The normalized spacial score (nSPS) is 13.5. The number of nitrogens with two attached hydrogens (primary N) is 2. The van der Waals surface area contributed by atoms with E-state index in [-0.39, 0.29) is 13.0 Å². The van der Waals surface area contributed by atoms with Gasteiger partial charge in [-0.05, 0) is 69.6 Å². The van der Waals surface area contributed by atoms with Crippen LogP contribution in [0.2, 0.25) is 0 Å². The Morgan fingerprint density at radius 1 is 0.973 bits per heavy atom. The number of esters is 1. The predicted octanol–water partition coefficient (Wildman–Crippen LogP) is 2.85. The number of hydrogen-bond donors (Lipinski definition) is 4. The molecule has 0 saturated heterocycles. The van der Waals surface area contributed by atoms with Crippen LogP contribution < -0.4 is 11.6 Å². The van der Waals surface area contributed by atoms with Crippen molar-refractivity contribution in [1.82, 2.24) is 5.01 Å². The topological polar surface area (TPSA) is 148 Å². The standard InChI is InChI=1S/C28H41N3O6/c1-5-21-15-9-10-16-22(21)17-11-12-18-36-26(33)31(30)23(19-20-13-7-6-8-14-20)28(34,35)24(29)25(32)37-27(2,3)4/h6-10,13-16,23-24,34-35H,5,11-12,17-19,29-30H2,1-4H3. The monoisotopic (exact) mass is 515 g/mol. The molecule has 2 rings (SSSR count). The largest absolute Gasteiger partial charge is 0.459 e. The maximum Gasteiger partial charge on any atom is 0.424 e. The Kier molecular flexibility index (Phi) is 11.1. The van der Waals surface area contributed by atoms with Crippen LogP contribution in [-0.2, 0) is 33.5 Å². The third kappa shape index (κ3) is 9.12. The number of aliphatic hydroxyl groups is 2. The molecule has 6 N–H and O–H groups in total. The molecule has 2 aromatic rings. The van der Waals surface area contributed by atoms with Crippen LogP contribution in [-0.4, -0.2) is 57.4 Å². The van der Waals surface area contributed by atoms with Crippen molar-refractivity contribution in [2.45, 2.75) is 83.3 Å². The Balaban J connectivity index is 2.06. The molecule has 0 radical (unpaired) electrons. The number of unbranched alkanes of at least 4 members (excludes halogenated alkanes) is 1. The molecule has 0 aliphatic rings. The fourth-order valence-electron chi connectivity index (χ4n) is 3.96. The van der Waals surface area contributed by atoms with Crippen molar-refractivity contribution in [3.63, 3.8) is 0 Å². The molecule has 204 valence electrons. The number of nitrogens with zero attached hydrogens (tertiary/aromatic N) is 1. The maximum absolute atomic E-state index is 12.8. The van der Waals surface area contributed by atoms with Crippen LogP contribution >= 0.6 is 0 Å². The molecule has 0 fully saturated rings. The Morgan fingerprint density at radius 3 is 2.16 bits per heavy atom. The molecule has 2 unspecified atom stereocenters. The number of aryl methyl sites for hydroxylation is 2. The first kappa shape index (κ1) is 30.2. The van der Waals surface area contributed by atoms with Gasteiger partial charge in [0.1, 0.15) is 11.6 Å². The first-order chi connectivity index (χ1) is 17.4. The van der Waals surface area contributed by atoms with Gasteiger partial charge in [-0.3, -0.25) is 4.79 Å². The summed E-state index contributed by atoms with van der Waals surface area (Å²) >= 11 is 0. The van der Waals surface area contributed by atoms with Crippen molar-refractivity contribution < 1.29 is 29.3 Å². The second-order valence-corrected chi connectivity index (χ2v) is 10.1. The minimum absolute atomic E-state index is 0.0935. The van der Waals surface area contributed by atoms with E-state index in [1.165, 1.54) is 11.1 Å². The smallest absolute Gasteiger partial charge is 0.424 e. The molecule has 0 heterocycles. The number of benzene rings is 2. The molecule has 2 aromatic carbocycles. The Bertz CT molecular complexity index is 1010. The number of rotatable bonds is 12. The highest BCUT2D eigenvalue weighted by molar-refractivity contribution is 5.77. The fourth-order valence-corrected chi connectivity index (χ4v) is 3.96. The summed E-state index contributed by atoms with van der Waals surface area (Å²) in [5, 5.41) is 22.5. The number of amides is 1. The summed E-state index contributed by atoms with van der Waals surface area (Å²) in [4.78, 5) is 25.3. The summed E-state index contributed by atoms with van der Waals surface area (Å²) in [5.74, 6) is 2.09. The molecule has 0 spiro atoms. The molecule has 0 aliphatic carbocycles. The lowest BCUT2D eigenvalue weighted by molar-refractivity contribution is -0.226. The minimum atomic E-state index is -2.91. The van der Waals surface area contributed by atoms with E-state index >= 15 is 0 Å². The summed E-state index contributed by atoms with van der Waals surface area (Å²) in [6, 6.07) is 13.6. The maximum atomic E-state index is 12.8. The second kappa shape index (κ2) is 13.5. The van der Waals surface area contributed by atoms with Crippen LogP contribution in [0.25, 0.3) is 0 Å². The molecule has 1 amide bonds. The third-order valence-corrected chi connectivity index (χ3v) is 5.99. The second-order valence-electron chi connectivity index (χ2n) is 10.1. The zero-order valence-corrected chi connectivity index (χ0v) is 22.2. The van der Waals surface area contributed by atoms with Gasteiger partial charge in [0, 0.05) is 0 Å². The first-order valence-electron chi connectivity index (χ1n) is 12.6. The molecule has 2 atom stereocenters. The zero-order chi connectivity index (χ0) is 27.6. The number of ether oxygens (including phenoxy) is 2. The molecular formula is C28H41N3O6. The Labute approximate surface area is 219 Å². The molecule has 0 aliphatic heterocycles. The molecule has 0 saturated carbocycles. The first-order valence-corrected chi connectivity index (χ1v) is 12.6. The van der Waals surface area contributed by atoms with Gasteiger partial charge < -0.3 is 25.4 Å². The fraction of sp³-hybridized carbons (Fsp3) is 0.500. The van der Waals surface area contributed by atoms with E-state index in [1.807, 2.05) is 12.1 Å². The molecular weight excluding hydrogens is 474 g/mol.